The van der Waals surface area contributed by atoms with E-state index in [-0.39, 0.29) is 0 Å². The molecule has 0 aliphatic rings. The Morgan fingerprint density at radius 2 is 2.35 bits per heavy atom. The molecule has 0 saturated heterocycles. The van der Waals surface area contributed by atoms with Crippen LogP contribution in [-0.4, -0.2) is 24.2 Å². The molecule has 0 bridgehead atoms. The van der Waals surface area contributed by atoms with Gasteiger partial charge in [0, 0.05) is 12.7 Å². The Bertz CT molecular complexity index is 355. The van der Waals surface area contributed by atoms with Crippen LogP contribution in [0.5, 0.6) is 0 Å². The van der Waals surface area contributed by atoms with E-state index in [0.29, 0.717) is 6.61 Å². The molecular formula is C12H19N3O2. The summed E-state index contributed by atoms with van der Waals surface area (Å²) in [6.07, 6.45) is 2.87. The summed E-state index contributed by atoms with van der Waals surface area (Å²) in [6, 6.07) is 4.04. The van der Waals surface area contributed by atoms with Crippen molar-refractivity contribution >= 4 is 6.09 Å². The molecule has 94 valence electrons. The lowest BCUT2D eigenvalue weighted by Gasteiger charge is -2.05. The van der Waals surface area contributed by atoms with Crippen LogP contribution in [0.1, 0.15) is 24.1 Å². The van der Waals surface area contributed by atoms with Gasteiger partial charge in [-0.2, -0.15) is 0 Å². The molecule has 1 amide bonds. The zero-order valence-electron chi connectivity index (χ0n) is 10.1. The molecule has 0 aliphatic heterocycles. The van der Waals surface area contributed by atoms with Gasteiger partial charge < -0.3 is 15.8 Å². The zero-order chi connectivity index (χ0) is 12.5. The van der Waals surface area contributed by atoms with Gasteiger partial charge in [0.1, 0.15) is 0 Å². The van der Waals surface area contributed by atoms with E-state index in [1.807, 2.05) is 19.2 Å². The second-order valence-corrected chi connectivity index (χ2v) is 3.88. The molecule has 0 unspecified atom stereocenters. The predicted octanol–water partition coefficient (Wildman–Crippen LogP) is 1.36. The van der Waals surface area contributed by atoms with E-state index in [1.54, 1.807) is 0 Å². The maximum Gasteiger partial charge on any atom is 0.404 e. The molecule has 0 saturated carbocycles. The number of unbranched alkanes of at least 4 members (excludes halogenated alkanes) is 1. The summed E-state index contributed by atoms with van der Waals surface area (Å²) >= 11 is 0. The van der Waals surface area contributed by atoms with Gasteiger partial charge in [0.15, 0.2) is 0 Å². The van der Waals surface area contributed by atoms with Crippen LogP contribution in [0.3, 0.4) is 0 Å². The number of rotatable bonds is 7. The Labute approximate surface area is 101 Å². The standard InChI is InChI=1S/C12H19N3O2/c1-10-4-6-15-11(8-10)9-14-5-2-3-7-17-12(13)16/h4,6,8,14H,2-3,5,7,9H2,1H3,(H2,13,16). The van der Waals surface area contributed by atoms with Gasteiger partial charge in [-0.25, -0.2) is 4.79 Å². The quantitative estimate of drug-likeness (QED) is 0.702. The number of hydrogen-bond donors (Lipinski definition) is 2. The normalized spacial score (nSPS) is 10.2. The third-order valence-corrected chi connectivity index (χ3v) is 2.27. The molecule has 1 aromatic heterocycles. The summed E-state index contributed by atoms with van der Waals surface area (Å²) in [4.78, 5) is 14.5. The van der Waals surface area contributed by atoms with Crippen LogP contribution in [0.2, 0.25) is 0 Å². The molecule has 0 aliphatic carbocycles. The molecule has 0 aromatic carbocycles. The van der Waals surface area contributed by atoms with Gasteiger partial charge in [0.25, 0.3) is 0 Å². The molecule has 5 heteroatoms. The molecule has 17 heavy (non-hydrogen) atoms. The number of amides is 1. The number of carbonyl (C=O) groups excluding carboxylic acids is 1. The molecule has 1 aromatic rings. The van der Waals surface area contributed by atoms with Crippen molar-refractivity contribution in [2.45, 2.75) is 26.3 Å². The number of pyridine rings is 1. The summed E-state index contributed by atoms with van der Waals surface area (Å²) in [7, 11) is 0. The first-order valence-electron chi connectivity index (χ1n) is 5.73. The lowest BCUT2D eigenvalue weighted by molar-refractivity contribution is 0.154. The summed E-state index contributed by atoms with van der Waals surface area (Å²) in [6.45, 7) is 4.07. The molecule has 5 nitrogen and oxygen atoms in total. The van der Waals surface area contributed by atoms with E-state index in [0.717, 1.165) is 31.6 Å². The highest BCUT2D eigenvalue weighted by Crippen LogP contribution is 1.99. The molecular weight excluding hydrogens is 218 g/mol. The van der Waals surface area contributed by atoms with E-state index in [9.17, 15) is 4.79 Å². The van der Waals surface area contributed by atoms with Gasteiger partial charge in [0.2, 0.25) is 0 Å². The van der Waals surface area contributed by atoms with E-state index in [4.69, 9.17) is 5.73 Å². The fourth-order valence-electron chi connectivity index (χ4n) is 1.44. The number of primary amides is 1. The second-order valence-electron chi connectivity index (χ2n) is 3.88. The van der Waals surface area contributed by atoms with Crippen molar-refractivity contribution in [3.63, 3.8) is 0 Å². The number of ether oxygens (including phenoxy) is 1. The van der Waals surface area contributed by atoms with E-state index in [2.05, 4.69) is 21.1 Å². The molecule has 0 fully saturated rings. The predicted molar refractivity (Wildman–Crippen MR) is 65.5 cm³/mol. The van der Waals surface area contributed by atoms with Crippen LogP contribution in [-0.2, 0) is 11.3 Å². The Morgan fingerprint density at radius 3 is 3.06 bits per heavy atom. The smallest absolute Gasteiger partial charge is 0.404 e. The first-order chi connectivity index (χ1) is 8.18. The Balaban J connectivity index is 2.03. The summed E-state index contributed by atoms with van der Waals surface area (Å²) in [5.74, 6) is 0. The van der Waals surface area contributed by atoms with Gasteiger partial charge in [-0.3, -0.25) is 4.98 Å². The van der Waals surface area contributed by atoms with Gasteiger partial charge in [0.05, 0.1) is 12.3 Å². The second kappa shape index (κ2) is 7.62. The van der Waals surface area contributed by atoms with Crippen molar-refractivity contribution in [1.82, 2.24) is 10.3 Å². The minimum Gasteiger partial charge on any atom is -0.450 e. The number of aryl methyl sites for hydroxylation is 1. The molecule has 0 spiro atoms. The SMILES string of the molecule is Cc1ccnc(CNCCCCOC(N)=O)c1. The van der Waals surface area contributed by atoms with Crippen LogP contribution in [0, 0.1) is 6.92 Å². The number of aromatic nitrogens is 1. The van der Waals surface area contributed by atoms with Crippen molar-refractivity contribution in [1.29, 1.82) is 0 Å². The topological polar surface area (TPSA) is 77.2 Å². The third kappa shape index (κ3) is 6.52. The lowest BCUT2D eigenvalue weighted by Crippen LogP contribution is -2.17. The zero-order valence-corrected chi connectivity index (χ0v) is 10.1. The van der Waals surface area contributed by atoms with E-state index >= 15 is 0 Å². The van der Waals surface area contributed by atoms with Crippen LogP contribution in [0.15, 0.2) is 18.3 Å². The first kappa shape index (κ1) is 13.4. The number of nitrogens with one attached hydrogen (secondary N) is 1. The Hall–Kier alpha value is -1.62. The number of nitrogens with two attached hydrogens (primary N) is 1. The number of nitrogens with zero attached hydrogens (tertiary/aromatic N) is 1. The van der Waals surface area contributed by atoms with Gasteiger partial charge in [-0.05, 0) is 44.0 Å². The van der Waals surface area contributed by atoms with Crippen molar-refractivity contribution in [2.75, 3.05) is 13.2 Å². The monoisotopic (exact) mass is 237 g/mol. The minimum absolute atomic E-state index is 0.389. The summed E-state index contributed by atoms with van der Waals surface area (Å²) < 4.78 is 4.62. The fraction of sp³-hybridized carbons (Fsp3) is 0.500. The lowest BCUT2D eigenvalue weighted by atomic mass is 10.2. The minimum atomic E-state index is -0.707. The van der Waals surface area contributed by atoms with Crippen molar-refractivity contribution in [3.05, 3.63) is 29.6 Å². The van der Waals surface area contributed by atoms with Crippen LogP contribution >= 0.6 is 0 Å². The summed E-state index contributed by atoms with van der Waals surface area (Å²) in [5.41, 5.74) is 7.09. The molecule has 0 radical (unpaired) electrons. The molecule has 3 N–H and O–H groups in total. The van der Waals surface area contributed by atoms with E-state index in [1.165, 1.54) is 5.56 Å². The Morgan fingerprint density at radius 1 is 1.53 bits per heavy atom. The maximum absolute atomic E-state index is 10.3. The van der Waals surface area contributed by atoms with Gasteiger partial charge >= 0.3 is 6.09 Å². The van der Waals surface area contributed by atoms with Crippen LogP contribution < -0.4 is 11.1 Å². The van der Waals surface area contributed by atoms with E-state index < -0.39 is 6.09 Å². The molecule has 1 rings (SSSR count). The number of hydrogen-bond acceptors (Lipinski definition) is 4. The van der Waals surface area contributed by atoms with Crippen LogP contribution in [0.4, 0.5) is 4.79 Å². The van der Waals surface area contributed by atoms with Gasteiger partial charge in [-0.15, -0.1) is 0 Å². The fourth-order valence-corrected chi connectivity index (χ4v) is 1.44. The van der Waals surface area contributed by atoms with Crippen molar-refractivity contribution in [2.24, 2.45) is 5.73 Å². The highest BCUT2D eigenvalue weighted by atomic mass is 16.5. The maximum atomic E-state index is 10.3. The van der Waals surface area contributed by atoms with Gasteiger partial charge in [-0.1, -0.05) is 0 Å². The first-order valence-corrected chi connectivity index (χ1v) is 5.73. The van der Waals surface area contributed by atoms with Crippen molar-refractivity contribution in [3.8, 4) is 0 Å². The number of carbonyl (C=O) groups is 1. The van der Waals surface area contributed by atoms with Crippen molar-refractivity contribution < 1.29 is 9.53 Å². The van der Waals surface area contributed by atoms with Crippen LogP contribution in [0.25, 0.3) is 0 Å². The summed E-state index contributed by atoms with van der Waals surface area (Å²) in [5, 5.41) is 3.28. The average molecular weight is 237 g/mol. The highest BCUT2D eigenvalue weighted by molar-refractivity contribution is 5.64. The largest absolute Gasteiger partial charge is 0.450 e. The third-order valence-electron chi connectivity index (χ3n) is 2.27. The highest BCUT2D eigenvalue weighted by Gasteiger charge is 1.96. The Kier molecular flexibility index (Phi) is 6.03. The molecule has 1 heterocycles. The average Bonchev–Trinajstić information content (AvgIpc) is 2.27. The molecule has 0 atom stereocenters.